The Bertz CT molecular complexity index is 796. The first-order valence-corrected chi connectivity index (χ1v) is 10.2. The van der Waals surface area contributed by atoms with Gasteiger partial charge in [-0.3, -0.25) is 0 Å². The van der Waals surface area contributed by atoms with Gasteiger partial charge in [0.2, 0.25) is 0 Å². The molecule has 0 aromatic heterocycles. The molecule has 0 unspecified atom stereocenters. The topological polar surface area (TPSA) is 23.5 Å². The molecule has 29 heavy (non-hydrogen) atoms. The van der Waals surface area contributed by atoms with E-state index in [9.17, 15) is 13.9 Å². The Morgan fingerprint density at radius 2 is 1.72 bits per heavy atom. The van der Waals surface area contributed by atoms with Gasteiger partial charge in [-0.1, -0.05) is 32.0 Å². The van der Waals surface area contributed by atoms with Gasteiger partial charge in [-0.05, 0) is 79.6 Å². The lowest BCUT2D eigenvalue weighted by Gasteiger charge is -2.44. The molecular weight excluding hydrogens is 392 g/mol. The lowest BCUT2D eigenvalue weighted by molar-refractivity contribution is -0.0300. The Hall–Kier alpha value is -1.49. The van der Waals surface area contributed by atoms with E-state index in [-0.39, 0.29) is 35.9 Å². The summed E-state index contributed by atoms with van der Waals surface area (Å²) >= 11 is 0. The zero-order chi connectivity index (χ0) is 20.3. The fourth-order valence-electron chi connectivity index (χ4n) is 4.62. The Morgan fingerprint density at radius 1 is 1.07 bits per heavy atom. The van der Waals surface area contributed by atoms with Crippen LogP contribution < -0.4 is 0 Å². The van der Waals surface area contributed by atoms with E-state index in [1.165, 1.54) is 18.2 Å². The van der Waals surface area contributed by atoms with Crippen molar-refractivity contribution >= 4 is 12.4 Å². The molecule has 0 fully saturated rings. The van der Waals surface area contributed by atoms with Crippen molar-refractivity contribution in [2.75, 3.05) is 20.1 Å². The summed E-state index contributed by atoms with van der Waals surface area (Å²) in [4.78, 5) is 2.22. The van der Waals surface area contributed by atoms with Crippen molar-refractivity contribution in [3.63, 3.8) is 0 Å². The Labute approximate surface area is 179 Å². The minimum atomic E-state index is -0.775. The largest absolute Gasteiger partial charge is 0.389 e. The van der Waals surface area contributed by atoms with Crippen LogP contribution in [0.2, 0.25) is 0 Å². The average Bonchev–Trinajstić information content (AvgIpc) is 2.66. The van der Waals surface area contributed by atoms with Crippen LogP contribution in [-0.4, -0.2) is 35.7 Å². The predicted octanol–water partition coefficient (Wildman–Crippen LogP) is 5.37. The van der Waals surface area contributed by atoms with Gasteiger partial charge >= 0.3 is 0 Å². The van der Waals surface area contributed by atoms with Crippen LogP contribution in [0.25, 0.3) is 0 Å². The molecule has 0 bridgehead atoms. The zero-order valence-corrected chi connectivity index (χ0v) is 18.3. The van der Waals surface area contributed by atoms with Crippen molar-refractivity contribution in [2.45, 2.75) is 51.0 Å². The molecule has 1 aliphatic rings. The fraction of sp³-hybridized carbons (Fsp3) is 0.500. The smallest absolute Gasteiger partial charge is 0.123 e. The van der Waals surface area contributed by atoms with Crippen LogP contribution >= 0.6 is 12.4 Å². The summed E-state index contributed by atoms with van der Waals surface area (Å²) in [7, 11) is 2.06. The fourth-order valence-corrected chi connectivity index (χ4v) is 4.62. The summed E-state index contributed by atoms with van der Waals surface area (Å²) in [5.74, 6) is -0.120. The number of hydrogen-bond donors (Lipinski definition) is 1. The number of nitrogens with zero attached hydrogens (tertiary/aromatic N) is 1. The maximum absolute atomic E-state index is 13.6. The molecule has 0 saturated heterocycles. The van der Waals surface area contributed by atoms with Gasteiger partial charge in [0.1, 0.15) is 11.6 Å². The second kappa shape index (κ2) is 10.0. The second-order valence-corrected chi connectivity index (χ2v) is 8.60. The van der Waals surface area contributed by atoms with Gasteiger partial charge in [0.15, 0.2) is 0 Å². The molecule has 2 aromatic rings. The number of fused-ring (bicyclic) bond motifs is 1. The molecule has 3 rings (SSSR count). The number of rotatable bonds is 7. The molecule has 0 radical (unpaired) electrons. The van der Waals surface area contributed by atoms with Gasteiger partial charge in [0.25, 0.3) is 0 Å². The molecule has 1 aliphatic carbocycles. The summed E-state index contributed by atoms with van der Waals surface area (Å²) in [6, 6.07) is 11.6. The zero-order valence-electron chi connectivity index (χ0n) is 17.5. The number of aryl methyl sites for hydroxylation is 1. The van der Waals surface area contributed by atoms with Crippen LogP contribution in [-0.2, 0) is 12.8 Å². The van der Waals surface area contributed by atoms with Gasteiger partial charge in [-0.25, -0.2) is 8.78 Å². The quantitative estimate of drug-likeness (QED) is 0.647. The minimum absolute atomic E-state index is 0. The number of likely N-dealkylation sites (N-methyl/N-ethyl adjacent to an activating group) is 1. The van der Waals surface area contributed by atoms with E-state index in [0.29, 0.717) is 19.3 Å². The third kappa shape index (κ3) is 5.78. The van der Waals surface area contributed by atoms with Crippen LogP contribution in [0.4, 0.5) is 8.78 Å². The van der Waals surface area contributed by atoms with Crippen molar-refractivity contribution in [1.82, 2.24) is 4.90 Å². The van der Waals surface area contributed by atoms with Gasteiger partial charge in [-0.2, -0.15) is 0 Å². The summed E-state index contributed by atoms with van der Waals surface area (Å²) in [5.41, 5.74) is 2.47. The molecule has 1 N–H and O–H groups in total. The van der Waals surface area contributed by atoms with Crippen LogP contribution in [0.3, 0.4) is 0 Å². The maximum Gasteiger partial charge on any atom is 0.123 e. The van der Waals surface area contributed by atoms with E-state index < -0.39 is 5.60 Å². The minimum Gasteiger partial charge on any atom is -0.389 e. The van der Waals surface area contributed by atoms with E-state index in [2.05, 4.69) is 25.8 Å². The van der Waals surface area contributed by atoms with Crippen molar-refractivity contribution in [2.24, 2.45) is 5.92 Å². The Kier molecular flexibility index (Phi) is 8.21. The molecule has 2 nitrogen and oxygen atoms in total. The van der Waals surface area contributed by atoms with Crippen molar-refractivity contribution in [3.8, 4) is 0 Å². The molecular formula is C24H32ClF2NO. The second-order valence-electron chi connectivity index (χ2n) is 8.60. The molecule has 160 valence electrons. The molecule has 5 heteroatoms. The molecule has 2 atom stereocenters. The normalized spacial score (nSPS) is 21.2. The van der Waals surface area contributed by atoms with E-state index in [0.717, 1.165) is 36.2 Å². The Balaban J connectivity index is 0.00000300. The summed E-state index contributed by atoms with van der Waals surface area (Å²) < 4.78 is 26.7. The highest BCUT2D eigenvalue weighted by Gasteiger charge is 2.43. The molecule has 2 aromatic carbocycles. The molecule has 0 spiro atoms. The van der Waals surface area contributed by atoms with Gasteiger partial charge in [-0.15, -0.1) is 12.4 Å². The standard InChI is InChI=1S/C24H31F2NO.ClH/c1-17(2)23-22-9-8-21(26)16-19(22)10-12-24(23,28)13-15-27(3)14-11-18-4-6-20(25)7-5-18;/h4-9,16-17,23,28H,10-15H2,1-3H3;1H/t23-,24-;/m0./s1. The van der Waals surface area contributed by atoms with E-state index in [4.69, 9.17) is 0 Å². The summed E-state index contributed by atoms with van der Waals surface area (Å²) in [5, 5.41) is 11.5. The molecule has 0 saturated carbocycles. The van der Waals surface area contributed by atoms with Crippen LogP contribution in [0.5, 0.6) is 0 Å². The predicted molar refractivity (Wildman–Crippen MR) is 117 cm³/mol. The first-order valence-electron chi connectivity index (χ1n) is 10.2. The summed E-state index contributed by atoms with van der Waals surface area (Å²) in [6.45, 7) is 5.91. The van der Waals surface area contributed by atoms with Crippen molar-refractivity contribution in [3.05, 3.63) is 70.8 Å². The third-order valence-corrected chi connectivity index (χ3v) is 6.13. The van der Waals surface area contributed by atoms with E-state index in [1.807, 2.05) is 18.2 Å². The molecule has 0 amide bonds. The molecule has 0 aliphatic heterocycles. The summed E-state index contributed by atoms with van der Waals surface area (Å²) in [6.07, 6.45) is 2.92. The highest BCUT2D eigenvalue weighted by Crippen LogP contribution is 2.45. The first kappa shape index (κ1) is 23.8. The third-order valence-electron chi connectivity index (χ3n) is 6.13. The Morgan fingerprint density at radius 3 is 2.38 bits per heavy atom. The average molecular weight is 424 g/mol. The lowest BCUT2D eigenvalue weighted by Crippen LogP contribution is -2.45. The number of benzene rings is 2. The van der Waals surface area contributed by atoms with E-state index >= 15 is 0 Å². The maximum atomic E-state index is 13.6. The number of halogens is 3. The van der Waals surface area contributed by atoms with Crippen molar-refractivity contribution < 1.29 is 13.9 Å². The van der Waals surface area contributed by atoms with Crippen LogP contribution in [0.15, 0.2) is 42.5 Å². The monoisotopic (exact) mass is 423 g/mol. The van der Waals surface area contributed by atoms with Crippen LogP contribution in [0, 0.1) is 17.6 Å². The van der Waals surface area contributed by atoms with E-state index in [1.54, 1.807) is 6.07 Å². The highest BCUT2D eigenvalue weighted by atomic mass is 35.5. The van der Waals surface area contributed by atoms with Crippen LogP contribution in [0.1, 0.15) is 49.3 Å². The molecule has 0 heterocycles. The van der Waals surface area contributed by atoms with Crippen molar-refractivity contribution in [1.29, 1.82) is 0 Å². The number of aliphatic hydroxyl groups is 1. The lowest BCUT2D eigenvalue weighted by atomic mass is 9.66. The highest BCUT2D eigenvalue weighted by molar-refractivity contribution is 5.85. The van der Waals surface area contributed by atoms with Gasteiger partial charge < -0.3 is 10.0 Å². The van der Waals surface area contributed by atoms with Gasteiger partial charge in [0.05, 0.1) is 5.60 Å². The first-order chi connectivity index (χ1) is 13.3. The SMILES string of the molecule is CC(C)[C@H]1c2ccc(F)cc2CC[C@]1(O)CCN(C)CCc1ccc(F)cc1.Cl. The van der Waals surface area contributed by atoms with Gasteiger partial charge in [0, 0.05) is 19.0 Å². The number of hydrogen-bond acceptors (Lipinski definition) is 2.